The van der Waals surface area contributed by atoms with E-state index in [1.54, 1.807) is 19.2 Å². The van der Waals surface area contributed by atoms with Gasteiger partial charge in [0.15, 0.2) is 17.5 Å². The highest BCUT2D eigenvalue weighted by atomic mass is 16.5. The van der Waals surface area contributed by atoms with E-state index in [4.69, 9.17) is 9.47 Å². The van der Waals surface area contributed by atoms with E-state index < -0.39 is 0 Å². The number of hydrogen-bond acceptors (Lipinski definition) is 4. The zero-order valence-electron chi connectivity index (χ0n) is 19.9. The molecule has 0 fully saturated rings. The van der Waals surface area contributed by atoms with Crippen molar-refractivity contribution in [3.8, 4) is 11.5 Å². The van der Waals surface area contributed by atoms with Gasteiger partial charge in [0, 0.05) is 37.9 Å². The molecule has 1 aromatic heterocycles. The van der Waals surface area contributed by atoms with E-state index in [0.29, 0.717) is 6.61 Å². The molecule has 0 saturated heterocycles. The lowest BCUT2D eigenvalue weighted by molar-refractivity contribution is 0.310. The van der Waals surface area contributed by atoms with Crippen LogP contribution in [0.5, 0.6) is 11.5 Å². The van der Waals surface area contributed by atoms with Gasteiger partial charge in [0.1, 0.15) is 0 Å². The SMILES string of the molecule is CCNC(=NCCCc1ccc(OC)c(OCC)c1)NCCCCn1c(C)cccc1=O. The number of unbranched alkanes of at least 4 members (excludes halogenated alkanes) is 1. The fraction of sp³-hybridized carbons (Fsp3) is 0.520. The van der Waals surface area contributed by atoms with E-state index in [1.807, 2.05) is 30.5 Å². The average molecular weight is 443 g/mol. The summed E-state index contributed by atoms with van der Waals surface area (Å²) in [5.41, 5.74) is 2.29. The molecule has 0 spiro atoms. The van der Waals surface area contributed by atoms with Crippen molar-refractivity contribution in [2.75, 3.05) is 33.4 Å². The van der Waals surface area contributed by atoms with Gasteiger partial charge in [-0.15, -0.1) is 0 Å². The largest absolute Gasteiger partial charge is 0.493 e. The Labute approximate surface area is 191 Å². The quantitative estimate of drug-likeness (QED) is 0.282. The fourth-order valence-electron chi connectivity index (χ4n) is 3.47. The molecule has 7 nitrogen and oxygen atoms in total. The Morgan fingerprint density at radius 1 is 1.06 bits per heavy atom. The summed E-state index contributed by atoms with van der Waals surface area (Å²) in [6.45, 7) is 9.75. The first-order valence-electron chi connectivity index (χ1n) is 11.6. The molecule has 0 unspecified atom stereocenters. The van der Waals surface area contributed by atoms with Gasteiger partial charge in [-0.25, -0.2) is 0 Å². The van der Waals surface area contributed by atoms with Gasteiger partial charge in [-0.3, -0.25) is 9.79 Å². The van der Waals surface area contributed by atoms with Gasteiger partial charge in [0.25, 0.3) is 5.56 Å². The molecule has 0 bridgehead atoms. The minimum atomic E-state index is 0.0677. The van der Waals surface area contributed by atoms with E-state index in [0.717, 1.165) is 75.0 Å². The normalized spacial score (nSPS) is 11.3. The number of methoxy groups -OCH3 is 1. The maximum atomic E-state index is 11.9. The number of nitrogens with one attached hydrogen (secondary N) is 2. The zero-order valence-corrected chi connectivity index (χ0v) is 19.9. The van der Waals surface area contributed by atoms with Gasteiger partial charge >= 0.3 is 0 Å². The molecule has 32 heavy (non-hydrogen) atoms. The highest BCUT2D eigenvalue weighted by Crippen LogP contribution is 2.28. The third-order valence-corrected chi connectivity index (χ3v) is 5.13. The van der Waals surface area contributed by atoms with Crippen LogP contribution in [-0.2, 0) is 13.0 Å². The molecule has 0 amide bonds. The Bertz CT molecular complexity index is 908. The van der Waals surface area contributed by atoms with Gasteiger partial charge in [-0.2, -0.15) is 0 Å². The van der Waals surface area contributed by atoms with Gasteiger partial charge < -0.3 is 24.7 Å². The number of pyridine rings is 1. The molecule has 0 aliphatic rings. The summed E-state index contributed by atoms with van der Waals surface area (Å²) < 4.78 is 12.8. The maximum Gasteiger partial charge on any atom is 0.250 e. The fourth-order valence-corrected chi connectivity index (χ4v) is 3.47. The van der Waals surface area contributed by atoms with Crippen molar-refractivity contribution in [1.82, 2.24) is 15.2 Å². The third-order valence-electron chi connectivity index (χ3n) is 5.13. The van der Waals surface area contributed by atoms with Crippen LogP contribution in [-0.4, -0.2) is 43.9 Å². The first-order valence-corrected chi connectivity index (χ1v) is 11.6. The van der Waals surface area contributed by atoms with Crippen LogP contribution in [0.1, 0.15) is 44.4 Å². The second-order valence-electron chi connectivity index (χ2n) is 7.57. The van der Waals surface area contributed by atoms with Crippen LogP contribution in [0.3, 0.4) is 0 Å². The standard InChI is InChI=1S/C25H38N4O3/c1-5-26-25(27-16-7-8-18-29-20(3)11-9-13-24(29)30)28-17-10-12-21-14-15-22(31-4)23(19-21)32-6-2/h9,11,13-15,19H,5-8,10,12,16-18H2,1-4H3,(H2,26,27,28). The monoisotopic (exact) mass is 442 g/mol. The Hall–Kier alpha value is -2.96. The minimum absolute atomic E-state index is 0.0677. The van der Waals surface area contributed by atoms with Gasteiger partial charge in [-0.1, -0.05) is 12.1 Å². The second-order valence-corrected chi connectivity index (χ2v) is 7.57. The Morgan fingerprint density at radius 3 is 2.62 bits per heavy atom. The molecule has 0 radical (unpaired) electrons. The number of aromatic nitrogens is 1. The Morgan fingerprint density at radius 2 is 1.91 bits per heavy atom. The predicted octanol–water partition coefficient (Wildman–Crippen LogP) is 3.53. The molecule has 0 aliphatic heterocycles. The van der Waals surface area contributed by atoms with Crippen molar-refractivity contribution < 1.29 is 9.47 Å². The van der Waals surface area contributed by atoms with Gasteiger partial charge in [0.2, 0.25) is 0 Å². The van der Waals surface area contributed by atoms with Crippen LogP contribution in [0, 0.1) is 6.92 Å². The number of hydrogen-bond donors (Lipinski definition) is 2. The van der Waals surface area contributed by atoms with Crippen LogP contribution in [0.4, 0.5) is 0 Å². The van der Waals surface area contributed by atoms with Crippen LogP contribution in [0.2, 0.25) is 0 Å². The van der Waals surface area contributed by atoms with Crippen LogP contribution < -0.4 is 25.7 Å². The van der Waals surface area contributed by atoms with Crippen LogP contribution in [0.25, 0.3) is 0 Å². The number of nitrogens with zero attached hydrogens (tertiary/aromatic N) is 2. The van der Waals surface area contributed by atoms with Crippen molar-refractivity contribution in [3.05, 3.63) is 58.0 Å². The molecule has 2 N–H and O–H groups in total. The Kier molecular flexibility index (Phi) is 11.2. The summed E-state index contributed by atoms with van der Waals surface area (Å²) in [4.78, 5) is 16.6. The van der Waals surface area contributed by atoms with E-state index in [1.165, 1.54) is 5.56 Å². The highest BCUT2D eigenvalue weighted by molar-refractivity contribution is 5.79. The van der Waals surface area contributed by atoms with Crippen molar-refractivity contribution >= 4 is 5.96 Å². The number of rotatable bonds is 13. The summed E-state index contributed by atoms with van der Waals surface area (Å²) in [6.07, 6.45) is 3.79. The predicted molar refractivity (Wildman–Crippen MR) is 131 cm³/mol. The van der Waals surface area contributed by atoms with Crippen molar-refractivity contribution in [3.63, 3.8) is 0 Å². The van der Waals surface area contributed by atoms with E-state index in [9.17, 15) is 4.79 Å². The lowest BCUT2D eigenvalue weighted by Gasteiger charge is -2.13. The highest BCUT2D eigenvalue weighted by Gasteiger charge is 2.05. The molecule has 1 heterocycles. The number of aryl methyl sites for hydroxylation is 2. The molecular formula is C25H38N4O3. The number of benzene rings is 1. The molecule has 1 aromatic carbocycles. The zero-order chi connectivity index (χ0) is 23.2. The third kappa shape index (κ3) is 8.29. The first kappa shape index (κ1) is 25.3. The summed E-state index contributed by atoms with van der Waals surface area (Å²) >= 11 is 0. The van der Waals surface area contributed by atoms with E-state index in [2.05, 4.69) is 34.7 Å². The van der Waals surface area contributed by atoms with Crippen LogP contribution >= 0.6 is 0 Å². The van der Waals surface area contributed by atoms with Crippen molar-refractivity contribution in [1.29, 1.82) is 0 Å². The molecule has 0 aliphatic carbocycles. The Balaban J connectivity index is 1.75. The molecule has 2 rings (SSSR count). The maximum absolute atomic E-state index is 11.9. The van der Waals surface area contributed by atoms with E-state index >= 15 is 0 Å². The molecule has 7 heteroatoms. The summed E-state index contributed by atoms with van der Waals surface area (Å²) in [5.74, 6) is 2.39. The lowest BCUT2D eigenvalue weighted by Crippen LogP contribution is -2.38. The van der Waals surface area contributed by atoms with Gasteiger partial charge in [-0.05, 0) is 70.2 Å². The van der Waals surface area contributed by atoms with Crippen molar-refractivity contribution in [2.45, 2.75) is 53.0 Å². The number of aliphatic imine (C=N–C) groups is 1. The molecule has 176 valence electrons. The molecule has 0 atom stereocenters. The topological polar surface area (TPSA) is 76.9 Å². The summed E-state index contributed by atoms with van der Waals surface area (Å²) in [5, 5.41) is 6.69. The molecule has 2 aromatic rings. The second kappa shape index (κ2) is 14.2. The van der Waals surface area contributed by atoms with Crippen molar-refractivity contribution in [2.24, 2.45) is 4.99 Å². The number of ether oxygens (including phenoxy) is 2. The average Bonchev–Trinajstić information content (AvgIpc) is 2.78. The summed E-state index contributed by atoms with van der Waals surface area (Å²) in [6, 6.07) is 11.5. The summed E-state index contributed by atoms with van der Waals surface area (Å²) in [7, 11) is 1.66. The first-order chi connectivity index (χ1) is 15.6. The van der Waals surface area contributed by atoms with Gasteiger partial charge in [0.05, 0.1) is 13.7 Å². The lowest BCUT2D eigenvalue weighted by atomic mass is 10.1. The molecular weight excluding hydrogens is 404 g/mol. The van der Waals surface area contributed by atoms with E-state index in [-0.39, 0.29) is 5.56 Å². The van der Waals surface area contributed by atoms with Crippen LogP contribution in [0.15, 0.2) is 46.2 Å². The minimum Gasteiger partial charge on any atom is -0.493 e. The smallest absolute Gasteiger partial charge is 0.250 e. The number of guanidine groups is 1. The molecule has 0 saturated carbocycles.